The Morgan fingerprint density at radius 2 is 2.20 bits per heavy atom. The van der Waals surface area contributed by atoms with Gasteiger partial charge in [-0.25, -0.2) is 9.37 Å². The number of pyridine rings is 1. The molecule has 0 saturated heterocycles. The van der Waals surface area contributed by atoms with E-state index in [1.807, 2.05) is 25.3 Å². The number of amides is 1. The third-order valence-corrected chi connectivity index (χ3v) is 6.32. The maximum atomic E-state index is 14.0. The first-order valence-electron chi connectivity index (χ1n) is 9.59. The number of aliphatic hydroxyl groups excluding tert-OH is 1. The molecule has 156 valence electrons. The van der Waals surface area contributed by atoms with Gasteiger partial charge in [-0.05, 0) is 46.9 Å². The summed E-state index contributed by atoms with van der Waals surface area (Å²) in [4.78, 5) is 21.0. The Morgan fingerprint density at radius 3 is 2.90 bits per heavy atom. The Hall–Kier alpha value is -2.41. The fraction of sp³-hybridized carbons (Fsp3) is 0.273. The van der Waals surface area contributed by atoms with E-state index < -0.39 is 12.4 Å². The highest BCUT2D eigenvalue weighted by atomic mass is 35.5. The lowest BCUT2D eigenvalue weighted by Gasteiger charge is -2.26. The third kappa shape index (κ3) is 3.71. The van der Waals surface area contributed by atoms with Gasteiger partial charge in [-0.1, -0.05) is 36.2 Å². The summed E-state index contributed by atoms with van der Waals surface area (Å²) in [6.07, 6.45) is 6.30. The number of hydrogen-bond acceptors (Lipinski definition) is 3. The average Bonchev–Trinajstić information content (AvgIpc) is 3.19. The van der Waals surface area contributed by atoms with Gasteiger partial charge in [-0.3, -0.25) is 4.79 Å². The molecule has 8 heteroatoms. The number of benzene rings is 1. The summed E-state index contributed by atoms with van der Waals surface area (Å²) >= 11 is 12.6. The van der Waals surface area contributed by atoms with Crippen molar-refractivity contribution >= 4 is 45.7 Å². The summed E-state index contributed by atoms with van der Waals surface area (Å²) in [5, 5.41) is 10.4. The van der Waals surface area contributed by atoms with Gasteiger partial charge in [0.2, 0.25) is 5.91 Å². The number of hydrogen-bond donors (Lipinski definition) is 2. The number of H-pyrrole nitrogens is 1. The highest BCUT2D eigenvalue weighted by Gasteiger charge is 2.22. The van der Waals surface area contributed by atoms with Crippen LogP contribution in [0.15, 0.2) is 36.7 Å². The average molecular weight is 448 g/mol. The molecular formula is C22H20Cl2FN3O2. The number of carbonyl (C=O) groups excluding carboxylic acids is 1. The van der Waals surface area contributed by atoms with Crippen LogP contribution >= 0.6 is 23.2 Å². The van der Waals surface area contributed by atoms with E-state index in [-0.39, 0.29) is 16.8 Å². The van der Waals surface area contributed by atoms with E-state index in [2.05, 4.69) is 9.97 Å². The molecule has 0 bridgehead atoms. The zero-order valence-corrected chi connectivity index (χ0v) is 17.8. The fourth-order valence-electron chi connectivity index (χ4n) is 3.91. The van der Waals surface area contributed by atoms with Crippen molar-refractivity contribution in [3.05, 3.63) is 69.2 Å². The van der Waals surface area contributed by atoms with Gasteiger partial charge in [-0.2, -0.15) is 0 Å². The molecule has 4 rings (SSSR count). The quantitative estimate of drug-likeness (QED) is 0.565. The normalized spacial score (nSPS) is 15.4. The van der Waals surface area contributed by atoms with Crippen molar-refractivity contribution in [1.82, 2.24) is 14.9 Å². The molecule has 3 aromatic rings. The first kappa shape index (κ1) is 20.8. The van der Waals surface area contributed by atoms with E-state index in [0.29, 0.717) is 30.1 Å². The summed E-state index contributed by atoms with van der Waals surface area (Å²) < 4.78 is 14.0. The van der Waals surface area contributed by atoms with Crippen LogP contribution in [0.3, 0.4) is 0 Å². The fourth-order valence-corrected chi connectivity index (χ4v) is 4.61. The summed E-state index contributed by atoms with van der Waals surface area (Å²) in [5.74, 6) is -1.02. The van der Waals surface area contributed by atoms with Gasteiger partial charge in [0.05, 0.1) is 5.02 Å². The second-order valence-corrected chi connectivity index (χ2v) is 8.11. The lowest BCUT2D eigenvalue weighted by Crippen LogP contribution is -2.36. The van der Waals surface area contributed by atoms with Gasteiger partial charge in [0.25, 0.3) is 0 Å². The summed E-state index contributed by atoms with van der Waals surface area (Å²) in [7, 11) is 0. The van der Waals surface area contributed by atoms with Gasteiger partial charge in [-0.15, -0.1) is 0 Å². The molecule has 0 fully saturated rings. The number of aliphatic hydroxyl groups is 1. The maximum absolute atomic E-state index is 14.0. The monoisotopic (exact) mass is 447 g/mol. The standard InChI is InChI=1S/C22H20Cl2FN3O2/c1-12(20-17(23)2-3-18(25)21(20)24)16-10-27-22-15(16)8-14(9-26-22)13-4-6-28(7-5-13)19(30)11-29/h2-4,8-10,12,29H,5-7,11H2,1H3,(H,26,27). The number of aromatic nitrogens is 2. The first-order chi connectivity index (χ1) is 14.4. The summed E-state index contributed by atoms with van der Waals surface area (Å²) in [5.41, 5.74) is 4.23. The first-order valence-corrected chi connectivity index (χ1v) is 10.3. The van der Waals surface area contributed by atoms with Gasteiger partial charge in [0.15, 0.2) is 0 Å². The van der Waals surface area contributed by atoms with Crippen molar-refractivity contribution in [2.24, 2.45) is 0 Å². The van der Waals surface area contributed by atoms with Gasteiger partial charge < -0.3 is 15.0 Å². The molecule has 5 nitrogen and oxygen atoms in total. The van der Waals surface area contributed by atoms with Gasteiger partial charge in [0.1, 0.15) is 18.1 Å². The number of fused-ring (bicyclic) bond motifs is 1. The van der Waals surface area contributed by atoms with Crippen LogP contribution in [-0.4, -0.2) is 45.6 Å². The number of halogens is 3. The smallest absolute Gasteiger partial charge is 0.248 e. The van der Waals surface area contributed by atoms with Crippen LogP contribution in [0.2, 0.25) is 10.0 Å². The molecule has 0 spiro atoms. The molecule has 1 aromatic carbocycles. The van der Waals surface area contributed by atoms with Crippen molar-refractivity contribution in [2.45, 2.75) is 19.3 Å². The molecule has 0 radical (unpaired) electrons. The van der Waals surface area contributed by atoms with Crippen LogP contribution in [0, 0.1) is 5.82 Å². The summed E-state index contributed by atoms with van der Waals surface area (Å²) in [6, 6.07) is 4.82. The maximum Gasteiger partial charge on any atom is 0.248 e. The van der Waals surface area contributed by atoms with E-state index in [9.17, 15) is 9.18 Å². The second kappa shape index (κ2) is 8.38. The number of aromatic amines is 1. The highest BCUT2D eigenvalue weighted by Crippen LogP contribution is 2.39. The Balaban J connectivity index is 1.70. The van der Waals surface area contributed by atoms with Crippen LogP contribution in [0.25, 0.3) is 16.6 Å². The minimum atomic E-state index is -0.504. The minimum Gasteiger partial charge on any atom is -0.387 e. The van der Waals surface area contributed by atoms with Crippen LogP contribution in [0.4, 0.5) is 4.39 Å². The molecule has 1 aliphatic rings. The molecule has 1 unspecified atom stereocenters. The highest BCUT2D eigenvalue weighted by molar-refractivity contribution is 6.36. The van der Waals surface area contributed by atoms with Crippen LogP contribution < -0.4 is 0 Å². The Morgan fingerprint density at radius 1 is 1.40 bits per heavy atom. The minimum absolute atomic E-state index is 0.0251. The molecule has 1 atom stereocenters. The number of nitrogens with zero attached hydrogens (tertiary/aromatic N) is 2. The molecule has 2 N–H and O–H groups in total. The van der Waals surface area contributed by atoms with Gasteiger partial charge in [0, 0.05) is 41.8 Å². The lowest BCUT2D eigenvalue weighted by atomic mass is 9.92. The number of nitrogens with one attached hydrogen (secondary N) is 1. The third-order valence-electron chi connectivity index (χ3n) is 5.61. The molecule has 1 amide bonds. The van der Waals surface area contributed by atoms with Crippen molar-refractivity contribution in [1.29, 1.82) is 0 Å². The molecule has 0 saturated carbocycles. The lowest BCUT2D eigenvalue weighted by molar-refractivity contribution is -0.133. The predicted molar refractivity (Wildman–Crippen MR) is 116 cm³/mol. The van der Waals surface area contributed by atoms with E-state index in [1.165, 1.54) is 12.1 Å². The SMILES string of the molecule is CC(c1c(Cl)ccc(F)c1Cl)c1c[nH]c2ncc(C3=CCN(C(=O)CO)CC3)cc12. The van der Waals surface area contributed by atoms with E-state index in [1.54, 1.807) is 11.1 Å². The molecule has 1 aliphatic heterocycles. The van der Waals surface area contributed by atoms with Crippen LogP contribution in [-0.2, 0) is 4.79 Å². The molecule has 0 aliphatic carbocycles. The Bertz CT molecular complexity index is 1160. The topological polar surface area (TPSA) is 69.2 Å². The van der Waals surface area contributed by atoms with Crippen molar-refractivity contribution in [3.63, 3.8) is 0 Å². The largest absolute Gasteiger partial charge is 0.387 e. The zero-order valence-electron chi connectivity index (χ0n) is 16.3. The number of rotatable bonds is 4. The van der Waals surface area contributed by atoms with Crippen molar-refractivity contribution in [3.8, 4) is 0 Å². The molecule has 30 heavy (non-hydrogen) atoms. The molecule has 2 aromatic heterocycles. The molecular weight excluding hydrogens is 428 g/mol. The van der Waals surface area contributed by atoms with E-state index in [4.69, 9.17) is 28.3 Å². The second-order valence-electron chi connectivity index (χ2n) is 7.32. The van der Waals surface area contributed by atoms with E-state index >= 15 is 0 Å². The van der Waals surface area contributed by atoms with Crippen LogP contribution in [0.1, 0.15) is 36.0 Å². The van der Waals surface area contributed by atoms with Crippen molar-refractivity contribution in [2.75, 3.05) is 19.7 Å². The number of carbonyl (C=O) groups is 1. The Labute approximate surface area is 183 Å². The summed E-state index contributed by atoms with van der Waals surface area (Å²) in [6.45, 7) is 2.46. The zero-order chi connectivity index (χ0) is 21.4. The van der Waals surface area contributed by atoms with Gasteiger partial charge >= 0.3 is 0 Å². The predicted octanol–water partition coefficient (Wildman–Crippen LogP) is 4.77. The molecule has 3 heterocycles. The Kier molecular flexibility index (Phi) is 5.82. The van der Waals surface area contributed by atoms with Crippen molar-refractivity contribution < 1.29 is 14.3 Å². The van der Waals surface area contributed by atoms with E-state index in [0.717, 1.165) is 27.7 Å². The van der Waals surface area contributed by atoms with Crippen LogP contribution in [0.5, 0.6) is 0 Å².